The number of hydrogen-bond acceptors (Lipinski definition) is 3. The molecule has 1 amide bonds. The molecule has 0 fully saturated rings. The Labute approximate surface area is 176 Å². The number of hydrogen-bond donors (Lipinski definition) is 0. The van der Waals surface area contributed by atoms with Crippen molar-refractivity contribution < 1.29 is 18.0 Å². The van der Waals surface area contributed by atoms with Gasteiger partial charge < -0.3 is 9.32 Å². The van der Waals surface area contributed by atoms with E-state index < -0.39 is 29.0 Å². The van der Waals surface area contributed by atoms with Gasteiger partial charge in [0.15, 0.2) is 5.43 Å². The minimum absolute atomic E-state index is 0.0643. The average Bonchev–Trinajstić information content (AvgIpc) is 3.03. The summed E-state index contributed by atoms with van der Waals surface area (Å²) < 4.78 is 33.1. The van der Waals surface area contributed by atoms with E-state index in [2.05, 4.69) is 0 Å². The van der Waals surface area contributed by atoms with Gasteiger partial charge in [-0.2, -0.15) is 0 Å². The van der Waals surface area contributed by atoms with Gasteiger partial charge in [-0.15, -0.1) is 0 Å². The molecule has 6 heteroatoms. The molecule has 0 bridgehead atoms. The van der Waals surface area contributed by atoms with E-state index in [1.807, 2.05) is 31.2 Å². The fourth-order valence-corrected chi connectivity index (χ4v) is 4.04. The zero-order valence-electron chi connectivity index (χ0n) is 16.6. The number of carbonyl (C=O) groups is 1. The number of halogens is 2. The Balaban J connectivity index is 1.72. The Kier molecular flexibility index (Phi) is 4.43. The van der Waals surface area contributed by atoms with Gasteiger partial charge in [0.1, 0.15) is 17.2 Å². The summed E-state index contributed by atoms with van der Waals surface area (Å²) in [5, 5.41) is 0.0656. The Bertz CT molecular complexity index is 1380. The summed E-state index contributed by atoms with van der Waals surface area (Å²) in [6, 6.07) is 16.2. The highest BCUT2D eigenvalue weighted by Gasteiger charge is 2.42. The quantitative estimate of drug-likeness (QED) is 0.465. The van der Waals surface area contributed by atoms with Crippen molar-refractivity contribution in [1.29, 1.82) is 0 Å². The number of aryl methyl sites for hydroxylation is 1. The highest BCUT2D eigenvalue weighted by Crippen LogP contribution is 2.39. The first-order valence-electron chi connectivity index (χ1n) is 9.80. The molecule has 2 heterocycles. The van der Waals surface area contributed by atoms with Crippen LogP contribution in [0.1, 0.15) is 38.9 Å². The summed E-state index contributed by atoms with van der Waals surface area (Å²) in [6.45, 7) is 2.20. The Hall–Kier alpha value is -3.80. The van der Waals surface area contributed by atoms with Crippen molar-refractivity contribution in [3.8, 4) is 0 Å². The van der Waals surface area contributed by atoms with E-state index in [0.717, 1.165) is 17.2 Å². The highest BCUT2D eigenvalue weighted by atomic mass is 19.1. The van der Waals surface area contributed by atoms with Crippen molar-refractivity contribution in [2.24, 2.45) is 0 Å². The van der Waals surface area contributed by atoms with Crippen LogP contribution in [0.25, 0.3) is 11.0 Å². The number of nitrogens with zero attached hydrogens (tertiary/aromatic N) is 1. The first-order valence-corrected chi connectivity index (χ1v) is 9.80. The molecule has 1 aliphatic rings. The van der Waals surface area contributed by atoms with Crippen molar-refractivity contribution in [2.75, 3.05) is 0 Å². The van der Waals surface area contributed by atoms with Crippen LogP contribution >= 0.6 is 0 Å². The third-order valence-corrected chi connectivity index (χ3v) is 5.59. The maximum atomic E-state index is 13.8. The molecular weight excluding hydrogens is 400 g/mol. The van der Waals surface area contributed by atoms with Crippen molar-refractivity contribution >= 4 is 16.9 Å². The van der Waals surface area contributed by atoms with Gasteiger partial charge >= 0.3 is 0 Å². The second-order valence-corrected chi connectivity index (χ2v) is 7.69. The van der Waals surface area contributed by atoms with Crippen molar-refractivity contribution in [1.82, 2.24) is 4.90 Å². The number of fused-ring (bicyclic) bond motifs is 2. The minimum atomic E-state index is -0.770. The number of benzene rings is 3. The maximum Gasteiger partial charge on any atom is 0.291 e. The summed E-state index contributed by atoms with van der Waals surface area (Å²) in [4.78, 5) is 28.2. The summed E-state index contributed by atoms with van der Waals surface area (Å²) in [5.41, 5.74) is 2.35. The summed E-state index contributed by atoms with van der Waals surface area (Å²) in [5.74, 6) is -1.50. The molecule has 5 rings (SSSR count). The predicted octanol–water partition coefficient (Wildman–Crippen LogP) is 5.13. The molecule has 4 nitrogen and oxygen atoms in total. The van der Waals surface area contributed by atoms with Crippen LogP contribution in [0.5, 0.6) is 0 Å². The van der Waals surface area contributed by atoms with Gasteiger partial charge in [0.25, 0.3) is 5.91 Å². The molecule has 1 atom stereocenters. The minimum Gasteiger partial charge on any atom is -0.450 e. The Morgan fingerprint density at radius 1 is 0.903 bits per heavy atom. The van der Waals surface area contributed by atoms with Crippen LogP contribution in [0.2, 0.25) is 0 Å². The molecule has 154 valence electrons. The fraction of sp³-hybridized carbons (Fsp3) is 0.120. The molecule has 3 aromatic carbocycles. The van der Waals surface area contributed by atoms with E-state index in [1.54, 1.807) is 12.1 Å². The van der Waals surface area contributed by atoms with Gasteiger partial charge in [-0.05, 0) is 48.4 Å². The molecule has 1 aromatic heterocycles. The average molecular weight is 417 g/mol. The van der Waals surface area contributed by atoms with Crippen LogP contribution in [0.3, 0.4) is 0 Å². The van der Waals surface area contributed by atoms with Crippen LogP contribution in [-0.4, -0.2) is 10.8 Å². The van der Waals surface area contributed by atoms with Crippen molar-refractivity contribution in [2.45, 2.75) is 19.5 Å². The molecule has 0 saturated carbocycles. The lowest BCUT2D eigenvalue weighted by Gasteiger charge is -2.25. The van der Waals surface area contributed by atoms with Crippen LogP contribution in [-0.2, 0) is 6.54 Å². The Morgan fingerprint density at radius 3 is 2.29 bits per heavy atom. The normalized spacial score (nSPS) is 15.5. The van der Waals surface area contributed by atoms with Gasteiger partial charge in [-0.1, -0.05) is 42.0 Å². The molecule has 0 saturated heterocycles. The molecule has 4 aromatic rings. The van der Waals surface area contributed by atoms with Gasteiger partial charge in [0.05, 0.1) is 17.0 Å². The largest absolute Gasteiger partial charge is 0.450 e. The maximum absolute atomic E-state index is 13.8. The Morgan fingerprint density at radius 2 is 1.58 bits per heavy atom. The lowest BCUT2D eigenvalue weighted by atomic mass is 9.98. The molecule has 0 radical (unpaired) electrons. The van der Waals surface area contributed by atoms with Gasteiger partial charge in [0.2, 0.25) is 5.76 Å². The van der Waals surface area contributed by atoms with Crippen molar-refractivity contribution in [3.63, 3.8) is 0 Å². The highest BCUT2D eigenvalue weighted by molar-refractivity contribution is 5.99. The number of amides is 1. The second-order valence-electron chi connectivity index (χ2n) is 7.69. The molecule has 0 unspecified atom stereocenters. The van der Waals surface area contributed by atoms with E-state index >= 15 is 0 Å². The molecule has 0 aliphatic carbocycles. The lowest BCUT2D eigenvalue weighted by Crippen LogP contribution is -2.29. The van der Waals surface area contributed by atoms with E-state index in [0.29, 0.717) is 5.56 Å². The zero-order chi connectivity index (χ0) is 21.7. The summed E-state index contributed by atoms with van der Waals surface area (Å²) in [6.07, 6.45) is 0. The molecule has 1 aliphatic heterocycles. The first kappa shape index (κ1) is 19.2. The summed E-state index contributed by atoms with van der Waals surface area (Å²) >= 11 is 0. The SMILES string of the molecule is Cc1ccc(CN2C(=O)c3oc4ccc(F)cc4c(=O)c3[C@@H]2c2ccc(F)cc2)cc1. The number of rotatable bonds is 3. The van der Waals surface area contributed by atoms with E-state index in [1.165, 1.54) is 29.2 Å². The molecular formula is C25H17F2NO3. The van der Waals surface area contributed by atoms with Crippen LogP contribution in [0.4, 0.5) is 8.78 Å². The van der Waals surface area contributed by atoms with Crippen LogP contribution < -0.4 is 5.43 Å². The van der Waals surface area contributed by atoms with Crippen molar-refractivity contribution in [3.05, 3.63) is 117 Å². The van der Waals surface area contributed by atoms with E-state index in [4.69, 9.17) is 4.42 Å². The van der Waals surface area contributed by atoms with Crippen LogP contribution in [0.15, 0.2) is 75.9 Å². The standard InChI is InChI=1S/C25H17F2NO3/c1-14-2-4-15(5-3-14)13-28-22(16-6-8-17(26)9-7-16)21-23(29)19-12-18(27)10-11-20(19)31-24(21)25(28)30/h2-12,22H,13H2,1H3/t22-/m0/s1. The van der Waals surface area contributed by atoms with E-state index in [-0.39, 0.29) is 28.8 Å². The molecule has 31 heavy (non-hydrogen) atoms. The lowest BCUT2D eigenvalue weighted by molar-refractivity contribution is 0.0714. The number of carbonyl (C=O) groups excluding carboxylic acids is 1. The third-order valence-electron chi connectivity index (χ3n) is 5.59. The van der Waals surface area contributed by atoms with Crippen LogP contribution in [0, 0.1) is 18.6 Å². The van der Waals surface area contributed by atoms with Gasteiger partial charge in [-0.3, -0.25) is 9.59 Å². The predicted molar refractivity (Wildman–Crippen MR) is 112 cm³/mol. The molecule has 0 spiro atoms. The molecule has 0 N–H and O–H groups in total. The zero-order valence-corrected chi connectivity index (χ0v) is 16.6. The van der Waals surface area contributed by atoms with Gasteiger partial charge in [0, 0.05) is 6.54 Å². The first-order chi connectivity index (χ1) is 14.9. The summed E-state index contributed by atoms with van der Waals surface area (Å²) in [7, 11) is 0. The second kappa shape index (κ2) is 7.16. The topological polar surface area (TPSA) is 50.5 Å². The monoisotopic (exact) mass is 417 g/mol. The third kappa shape index (κ3) is 3.20. The van der Waals surface area contributed by atoms with Gasteiger partial charge in [-0.25, -0.2) is 8.78 Å². The van der Waals surface area contributed by atoms with E-state index in [9.17, 15) is 18.4 Å². The smallest absolute Gasteiger partial charge is 0.291 e. The fourth-order valence-electron chi connectivity index (χ4n) is 4.04.